The van der Waals surface area contributed by atoms with Gasteiger partial charge in [-0.15, -0.1) is 0 Å². The third kappa shape index (κ3) is 3.32. The van der Waals surface area contributed by atoms with Crippen LogP contribution < -0.4 is 10.1 Å². The highest BCUT2D eigenvalue weighted by Crippen LogP contribution is 2.30. The molecule has 6 heteroatoms. The number of carboxylic acids is 1. The molecule has 0 amide bonds. The Hall–Kier alpha value is -3.12. The molecule has 0 aliphatic carbocycles. The van der Waals surface area contributed by atoms with E-state index in [1.54, 1.807) is 6.33 Å². The smallest absolute Gasteiger partial charge is 0.321 e. The van der Waals surface area contributed by atoms with E-state index in [4.69, 9.17) is 4.74 Å². The number of hydrogen-bond donors (Lipinski definition) is 3. The van der Waals surface area contributed by atoms with E-state index in [2.05, 4.69) is 15.3 Å². The molecule has 26 heavy (non-hydrogen) atoms. The van der Waals surface area contributed by atoms with Crippen molar-refractivity contribution in [1.29, 1.82) is 0 Å². The first-order valence-corrected chi connectivity index (χ1v) is 8.48. The number of imidazole rings is 1. The minimum atomic E-state index is -0.869. The van der Waals surface area contributed by atoms with Gasteiger partial charge in [0.1, 0.15) is 18.4 Å². The van der Waals surface area contributed by atoms with Gasteiger partial charge in [-0.3, -0.25) is 10.1 Å². The van der Waals surface area contributed by atoms with Crippen molar-refractivity contribution in [2.45, 2.75) is 25.1 Å². The van der Waals surface area contributed by atoms with Crippen LogP contribution in [0.4, 0.5) is 0 Å². The maximum absolute atomic E-state index is 11.5. The number of benzene rings is 2. The number of nitrogens with zero attached hydrogens (tertiary/aromatic N) is 1. The van der Waals surface area contributed by atoms with E-state index in [0.717, 1.165) is 28.3 Å². The van der Waals surface area contributed by atoms with Crippen molar-refractivity contribution in [2.24, 2.45) is 0 Å². The fourth-order valence-electron chi connectivity index (χ4n) is 3.22. The summed E-state index contributed by atoms with van der Waals surface area (Å²) in [6.45, 7) is 0.480. The summed E-state index contributed by atoms with van der Waals surface area (Å²) < 4.78 is 5.89. The van der Waals surface area contributed by atoms with Crippen LogP contribution in [0.1, 0.15) is 28.6 Å². The molecule has 1 aliphatic heterocycles. The molecule has 0 bridgehead atoms. The monoisotopic (exact) mass is 349 g/mol. The second-order valence-corrected chi connectivity index (χ2v) is 6.31. The lowest BCUT2D eigenvalue weighted by Crippen LogP contribution is -2.45. The van der Waals surface area contributed by atoms with Crippen molar-refractivity contribution in [3.8, 4) is 5.75 Å². The normalized spacial score (nSPS) is 18.9. The quantitative estimate of drug-likeness (QED) is 0.659. The molecular formula is C20H19N3O3. The maximum Gasteiger partial charge on any atom is 0.321 e. The summed E-state index contributed by atoms with van der Waals surface area (Å²) >= 11 is 0. The first-order valence-electron chi connectivity index (χ1n) is 8.48. The highest BCUT2D eigenvalue weighted by Gasteiger charge is 2.33. The highest BCUT2D eigenvalue weighted by atomic mass is 16.5. The number of carbonyl (C=O) groups is 1. The Kier molecular flexibility index (Phi) is 4.41. The van der Waals surface area contributed by atoms with Gasteiger partial charge in [0, 0.05) is 12.1 Å². The zero-order valence-electron chi connectivity index (χ0n) is 14.1. The van der Waals surface area contributed by atoms with Crippen molar-refractivity contribution in [3.05, 3.63) is 83.4 Å². The first kappa shape index (κ1) is 16.4. The van der Waals surface area contributed by atoms with Crippen LogP contribution in [0.15, 0.2) is 60.9 Å². The Labute approximate surface area is 150 Å². The summed E-state index contributed by atoms with van der Waals surface area (Å²) in [7, 11) is 0. The minimum Gasteiger partial charge on any atom is -0.489 e. The molecule has 0 saturated heterocycles. The molecule has 3 aromatic rings. The third-order valence-electron chi connectivity index (χ3n) is 4.54. The summed E-state index contributed by atoms with van der Waals surface area (Å²) in [5.41, 5.74) is 3.71. The van der Waals surface area contributed by atoms with Gasteiger partial charge in [-0.05, 0) is 23.3 Å². The molecule has 1 aliphatic rings. The van der Waals surface area contributed by atoms with Crippen LogP contribution >= 0.6 is 0 Å². The predicted octanol–water partition coefficient (Wildman–Crippen LogP) is 2.68. The minimum absolute atomic E-state index is 0.286. The number of aromatic amines is 1. The van der Waals surface area contributed by atoms with Gasteiger partial charge in [-0.2, -0.15) is 0 Å². The van der Waals surface area contributed by atoms with Crippen molar-refractivity contribution in [1.82, 2.24) is 15.3 Å². The summed E-state index contributed by atoms with van der Waals surface area (Å²) in [5, 5.41) is 12.6. The van der Waals surface area contributed by atoms with Crippen LogP contribution in [-0.4, -0.2) is 27.1 Å². The fourth-order valence-corrected chi connectivity index (χ4v) is 3.22. The molecular weight excluding hydrogens is 330 g/mol. The van der Waals surface area contributed by atoms with E-state index in [9.17, 15) is 9.90 Å². The average molecular weight is 349 g/mol. The molecule has 3 N–H and O–H groups in total. The number of ether oxygens (including phenoxy) is 1. The molecule has 2 atom stereocenters. The molecule has 132 valence electrons. The lowest BCUT2D eigenvalue weighted by Gasteiger charge is -2.28. The topological polar surface area (TPSA) is 87.2 Å². The maximum atomic E-state index is 11.5. The van der Waals surface area contributed by atoms with Crippen molar-refractivity contribution in [2.75, 3.05) is 0 Å². The average Bonchev–Trinajstić information content (AvgIpc) is 3.15. The number of carboxylic acid groups (broad SMARTS) is 1. The van der Waals surface area contributed by atoms with Crippen LogP contribution in [0.2, 0.25) is 0 Å². The van der Waals surface area contributed by atoms with Gasteiger partial charge in [0.25, 0.3) is 0 Å². The molecule has 0 fully saturated rings. The van der Waals surface area contributed by atoms with Crippen LogP contribution in [0.5, 0.6) is 5.75 Å². The summed E-state index contributed by atoms with van der Waals surface area (Å²) in [4.78, 5) is 18.9. The number of rotatable bonds is 5. The second-order valence-electron chi connectivity index (χ2n) is 6.31. The summed E-state index contributed by atoms with van der Waals surface area (Å²) in [5.74, 6) is -0.130. The molecule has 0 spiro atoms. The van der Waals surface area contributed by atoms with Crippen LogP contribution in [0.25, 0.3) is 0 Å². The zero-order valence-corrected chi connectivity index (χ0v) is 14.1. The lowest BCUT2D eigenvalue weighted by molar-refractivity contribution is -0.139. The first-order chi connectivity index (χ1) is 12.7. The summed E-state index contributed by atoms with van der Waals surface area (Å²) in [6, 6.07) is 16.7. The lowest BCUT2D eigenvalue weighted by atomic mass is 9.94. The van der Waals surface area contributed by atoms with Gasteiger partial charge in [0.2, 0.25) is 0 Å². The van der Waals surface area contributed by atoms with Crippen LogP contribution in [-0.2, 0) is 17.8 Å². The molecule has 0 radical (unpaired) electrons. The van der Waals surface area contributed by atoms with Crippen molar-refractivity contribution in [3.63, 3.8) is 0 Å². The molecule has 2 heterocycles. The largest absolute Gasteiger partial charge is 0.489 e. The van der Waals surface area contributed by atoms with E-state index < -0.39 is 12.0 Å². The van der Waals surface area contributed by atoms with Gasteiger partial charge < -0.3 is 14.8 Å². The van der Waals surface area contributed by atoms with E-state index in [1.165, 1.54) is 0 Å². The van der Waals surface area contributed by atoms with Crippen LogP contribution in [0, 0.1) is 0 Å². The third-order valence-corrected chi connectivity index (χ3v) is 4.54. The van der Waals surface area contributed by atoms with E-state index in [0.29, 0.717) is 13.0 Å². The molecule has 4 rings (SSSR count). The number of nitrogens with one attached hydrogen (secondary N) is 2. The Balaban J connectivity index is 1.57. The zero-order chi connectivity index (χ0) is 17.9. The van der Waals surface area contributed by atoms with Crippen molar-refractivity contribution >= 4 is 5.97 Å². The number of H-pyrrole nitrogens is 1. The highest BCUT2D eigenvalue weighted by molar-refractivity contribution is 5.74. The summed E-state index contributed by atoms with van der Waals surface area (Å²) in [6.07, 6.45) is 2.00. The van der Waals surface area contributed by atoms with E-state index >= 15 is 0 Å². The Morgan fingerprint density at radius 3 is 2.85 bits per heavy atom. The predicted molar refractivity (Wildman–Crippen MR) is 95.9 cm³/mol. The molecule has 1 aromatic heterocycles. The molecule has 6 nitrogen and oxygen atoms in total. The van der Waals surface area contributed by atoms with Gasteiger partial charge in [0.15, 0.2) is 0 Å². The number of aromatic nitrogens is 2. The van der Waals surface area contributed by atoms with Gasteiger partial charge >= 0.3 is 5.97 Å². The van der Waals surface area contributed by atoms with Crippen molar-refractivity contribution < 1.29 is 14.6 Å². The Bertz CT molecular complexity index is 907. The standard InChI is InChI=1S/C20H19N3O3/c24-20(25)17-10-16-19(22-12-21-16)18(23-17)14-7-4-8-15(9-14)26-11-13-5-2-1-3-6-13/h1-9,12,17-18,23H,10-11H2,(H,21,22)(H,24,25)/t17-,18-/m1/s1. The Morgan fingerprint density at radius 1 is 1.19 bits per heavy atom. The molecule has 0 unspecified atom stereocenters. The van der Waals surface area contributed by atoms with E-state index in [1.807, 2.05) is 54.6 Å². The molecule has 2 aromatic carbocycles. The van der Waals surface area contributed by atoms with Gasteiger partial charge in [0.05, 0.1) is 18.1 Å². The van der Waals surface area contributed by atoms with Gasteiger partial charge in [-0.1, -0.05) is 42.5 Å². The second kappa shape index (κ2) is 7.01. The fraction of sp³-hybridized carbons (Fsp3) is 0.200. The SMILES string of the molecule is O=C(O)[C@H]1Cc2[nH]cnc2[C@@H](c2cccc(OCc3ccccc3)c2)N1. The van der Waals surface area contributed by atoms with E-state index in [-0.39, 0.29) is 6.04 Å². The van der Waals surface area contributed by atoms with Gasteiger partial charge in [-0.25, -0.2) is 4.98 Å². The Morgan fingerprint density at radius 2 is 2.04 bits per heavy atom. The van der Waals surface area contributed by atoms with Crippen LogP contribution in [0.3, 0.4) is 0 Å². The molecule has 0 saturated carbocycles. The number of aliphatic carboxylic acids is 1. The number of fused-ring (bicyclic) bond motifs is 1. The number of hydrogen-bond acceptors (Lipinski definition) is 4.